The normalized spacial score (nSPS) is 25.6. The van der Waals surface area contributed by atoms with E-state index >= 15 is 0 Å². The van der Waals surface area contributed by atoms with Gasteiger partial charge in [-0.25, -0.2) is 0 Å². The quantitative estimate of drug-likeness (QED) is 0.715. The average molecular weight is 228 g/mol. The zero-order valence-electron chi connectivity index (χ0n) is 9.69. The van der Waals surface area contributed by atoms with E-state index in [1.54, 1.807) is 4.90 Å². The molecule has 5 nitrogen and oxygen atoms in total. The van der Waals surface area contributed by atoms with E-state index < -0.39 is 11.9 Å². The van der Waals surface area contributed by atoms with Crippen LogP contribution in [0, 0.1) is 5.92 Å². The molecule has 0 bridgehead atoms. The van der Waals surface area contributed by atoms with E-state index in [0.29, 0.717) is 5.92 Å². The van der Waals surface area contributed by atoms with E-state index in [1.807, 2.05) is 0 Å². The summed E-state index contributed by atoms with van der Waals surface area (Å²) in [6.07, 6.45) is 4.11. The van der Waals surface area contributed by atoms with Crippen molar-refractivity contribution in [2.75, 3.05) is 13.1 Å². The molecule has 1 amide bonds. The van der Waals surface area contributed by atoms with Crippen molar-refractivity contribution in [3.05, 3.63) is 0 Å². The topological polar surface area (TPSA) is 83.6 Å². The van der Waals surface area contributed by atoms with Crippen LogP contribution in [-0.4, -0.2) is 41.0 Å². The van der Waals surface area contributed by atoms with Gasteiger partial charge in [0.15, 0.2) is 0 Å². The summed E-state index contributed by atoms with van der Waals surface area (Å²) in [6.45, 7) is 2.15. The lowest BCUT2D eigenvalue weighted by Gasteiger charge is -2.34. The molecule has 16 heavy (non-hydrogen) atoms. The number of amides is 1. The van der Waals surface area contributed by atoms with E-state index in [-0.39, 0.29) is 19.1 Å². The van der Waals surface area contributed by atoms with Gasteiger partial charge in [0.2, 0.25) is 5.91 Å². The summed E-state index contributed by atoms with van der Waals surface area (Å²) < 4.78 is 0. The van der Waals surface area contributed by atoms with Gasteiger partial charge in [-0.2, -0.15) is 0 Å². The van der Waals surface area contributed by atoms with Gasteiger partial charge in [0.1, 0.15) is 0 Å². The van der Waals surface area contributed by atoms with Gasteiger partial charge in [-0.1, -0.05) is 6.92 Å². The van der Waals surface area contributed by atoms with Crippen LogP contribution in [0.15, 0.2) is 0 Å². The van der Waals surface area contributed by atoms with Crippen LogP contribution in [0.1, 0.15) is 32.6 Å². The van der Waals surface area contributed by atoms with Gasteiger partial charge in [0.25, 0.3) is 0 Å². The molecule has 1 aliphatic rings. The Balaban J connectivity index is 2.53. The van der Waals surface area contributed by atoms with E-state index in [0.717, 1.165) is 25.7 Å². The molecule has 1 rings (SSSR count). The molecule has 0 heterocycles. The summed E-state index contributed by atoms with van der Waals surface area (Å²) >= 11 is 0. The molecule has 0 aromatic carbocycles. The van der Waals surface area contributed by atoms with Crippen molar-refractivity contribution in [3.63, 3.8) is 0 Å². The smallest absolute Gasteiger partial charge is 0.317 e. The van der Waals surface area contributed by atoms with E-state index in [9.17, 15) is 9.59 Å². The summed E-state index contributed by atoms with van der Waals surface area (Å²) in [5.41, 5.74) is 5.13. The number of carbonyl (C=O) groups is 2. The highest BCUT2D eigenvalue weighted by Crippen LogP contribution is 2.26. The van der Waals surface area contributed by atoms with Crippen LogP contribution in [0.2, 0.25) is 0 Å². The fourth-order valence-electron chi connectivity index (χ4n) is 2.30. The first-order valence-corrected chi connectivity index (χ1v) is 5.73. The minimum atomic E-state index is -0.903. The molecule has 0 radical (unpaired) electrons. The first-order chi connectivity index (χ1) is 7.49. The minimum absolute atomic E-state index is 0.0470. The fourth-order valence-corrected chi connectivity index (χ4v) is 2.30. The van der Waals surface area contributed by atoms with E-state index in [2.05, 4.69) is 6.92 Å². The lowest BCUT2D eigenvalue weighted by Crippen LogP contribution is -2.45. The van der Waals surface area contributed by atoms with Gasteiger partial charge in [-0.05, 0) is 31.6 Å². The Morgan fingerprint density at radius 3 is 2.25 bits per heavy atom. The Morgan fingerprint density at radius 2 is 1.81 bits per heavy atom. The molecule has 5 heteroatoms. The van der Waals surface area contributed by atoms with Crippen LogP contribution >= 0.6 is 0 Å². The summed E-state index contributed by atoms with van der Waals surface area (Å²) in [4.78, 5) is 23.3. The van der Waals surface area contributed by atoms with Gasteiger partial charge in [-0.3, -0.25) is 14.5 Å². The number of rotatable bonds is 5. The summed E-state index contributed by atoms with van der Waals surface area (Å²) in [6, 6.07) is 0.194. The number of carbonyl (C=O) groups excluding carboxylic acids is 1. The molecular formula is C11H20N2O3. The average Bonchev–Trinajstić information content (AvgIpc) is 2.16. The standard InChI is InChI=1S/C11H20N2O3/c1-8-2-4-9(5-3-8)13(6-10(12)14)7-11(15)16/h8-9H,2-7H2,1H3,(H2,12,14)(H,15,16). The highest BCUT2D eigenvalue weighted by molar-refractivity contribution is 5.77. The second-order valence-electron chi connectivity index (χ2n) is 4.68. The molecule has 0 aliphatic heterocycles. The van der Waals surface area contributed by atoms with Crippen LogP contribution in [0.4, 0.5) is 0 Å². The molecule has 1 fully saturated rings. The maximum Gasteiger partial charge on any atom is 0.317 e. The number of nitrogens with zero attached hydrogens (tertiary/aromatic N) is 1. The molecule has 1 saturated carbocycles. The third kappa shape index (κ3) is 4.18. The summed E-state index contributed by atoms with van der Waals surface area (Å²) in [7, 11) is 0. The maximum absolute atomic E-state index is 10.9. The second kappa shape index (κ2) is 5.84. The van der Waals surface area contributed by atoms with Gasteiger partial charge in [0.05, 0.1) is 13.1 Å². The lowest BCUT2D eigenvalue weighted by molar-refractivity contribution is -0.139. The summed E-state index contributed by atoms with van der Waals surface area (Å²) in [5, 5.41) is 8.79. The SMILES string of the molecule is CC1CCC(N(CC(N)=O)CC(=O)O)CC1. The molecule has 0 saturated heterocycles. The number of hydrogen-bond donors (Lipinski definition) is 2. The van der Waals surface area contributed by atoms with Crippen LogP contribution in [0.3, 0.4) is 0 Å². The van der Waals surface area contributed by atoms with Gasteiger partial charge in [0, 0.05) is 6.04 Å². The molecule has 0 aromatic rings. The highest BCUT2D eigenvalue weighted by atomic mass is 16.4. The van der Waals surface area contributed by atoms with Crippen molar-refractivity contribution >= 4 is 11.9 Å². The Kier molecular flexibility index (Phi) is 4.73. The zero-order chi connectivity index (χ0) is 12.1. The van der Waals surface area contributed by atoms with Crippen molar-refractivity contribution in [2.45, 2.75) is 38.6 Å². The fraction of sp³-hybridized carbons (Fsp3) is 0.818. The van der Waals surface area contributed by atoms with Crippen molar-refractivity contribution in [1.82, 2.24) is 4.90 Å². The number of aliphatic carboxylic acids is 1. The molecule has 0 aromatic heterocycles. The van der Waals surface area contributed by atoms with Gasteiger partial charge >= 0.3 is 5.97 Å². The Morgan fingerprint density at radius 1 is 1.25 bits per heavy atom. The zero-order valence-corrected chi connectivity index (χ0v) is 9.69. The number of nitrogens with two attached hydrogens (primary N) is 1. The number of carboxylic acid groups (broad SMARTS) is 1. The third-order valence-corrected chi connectivity index (χ3v) is 3.20. The Labute approximate surface area is 95.6 Å². The van der Waals surface area contributed by atoms with Gasteiger partial charge in [-0.15, -0.1) is 0 Å². The Hall–Kier alpha value is -1.10. The van der Waals surface area contributed by atoms with Crippen LogP contribution in [0.5, 0.6) is 0 Å². The molecule has 1 aliphatic carbocycles. The van der Waals surface area contributed by atoms with Crippen LogP contribution in [0.25, 0.3) is 0 Å². The summed E-state index contributed by atoms with van der Waals surface area (Å²) in [5.74, 6) is -0.656. The molecule has 0 atom stereocenters. The molecular weight excluding hydrogens is 208 g/mol. The molecule has 0 unspecified atom stereocenters. The largest absolute Gasteiger partial charge is 0.480 e. The molecule has 0 spiro atoms. The van der Waals surface area contributed by atoms with Gasteiger partial charge < -0.3 is 10.8 Å². The molecule has 92 valence electrons. The van der Waals surface area contributed by atoms with E-state index in [4.69, 9.17) is 10.8 Å². The first-order valence-electron chi connectivity index (χ1n) is 5.73. The van der Waals surface area contributed by atoms with E-state index in [1.165, 1.54) is 0 Å². The van der Waals surface area contributed by atoms with Crippen molar-refractivity contribution < 1.29 is 14.7 Å². The minimum Gasteiger partial charge on any atom is -0.480 e. The third-order valence-electron chi connectivity index (χ3n) is 3.20. The number of carboxylic acids is 1. The van der Waals surface area contributed by atoms with Crippen molar-refractivity contribution in [3.8, 4) is 0 Å². The van der Waals surface area contributed by atoms with Crippen LogP contribution in [-0.2, 0) is 9.59 Å². The number of primary amides is 1. The second-order valence-corrected chi connectivity index (χ2v) is 4.68. The maximum atomic E-state index is 10.9. The van der Waals surface area contributed by atoms with Crippen LogP contribution < -0.4 is 5.73 Å². The first kappa shape index (κ1) is 13.0. The highest BCUT2D eigenvalue weighted by Gasteiger charge is 2.26. The predicted octanol–water partition coefficient (Wildman–Crippen LogP) is 0.437. The predicted molar refractivity (Wildman–Crippen MR) is 59.8 cm³/mol. The Bertz CT molecular complexity index is 244. The number of hydrogen-bond acceptors (Lipinski definition) is 3. The van der Waals surface area contributed by atoms with Crippen molar-refractivity contribution in [2.24, 2.45) is 11.7 Å². The lowest BCUT2D eigenvalue weighted by atomic mass is 9.86. The monoisotopic (exact) mass is 228 g/mol. The molecule has 3 N–H and O–H groups in total. The van der Waals surface area contributed by atoms with Crippen molar-refractivity contribution in [1.29, 1.82) is 0 Å².